The third kappa shape index (κ3) is 11.9. The minimum absolute atomic E-state index is 0.247. The molecule has 0 unspecified atom stereocenters. The second kappa shape index (κ2) is 16.8. The zero-order valence-corrected chi connectivity index (χ0v) is 21.4. The maximum Gasteiger partial charge on any atom is 0.335 e. The van der Waals surface area contributed by atoms with Crippen LogP contribution in [0.4, 0.5) is 0 Å². The van der Waals surface area contributed by atoms with Gasteiger partial charge >= 0.3 is 11.9 Å². The molecule has 1 heterocycles. The Kier molecular flexibility index (Phi) is 13.6. The molecule has 190 valence electrons. The summed E-state index contributed by atoms with van der Waals surface area (Å²) in [5.74, 6) is -0.888. The molecule has 2 aromatic rings. The van der Waals surface area contributed by atoms with Crippen LogP contribution in [0.2, 0.25) is 0 Å². The number of pyridine rings is 1. The summed E-state index contributed by atoms with van der Waals surface area (Å²) < 4.78 is 5.92. The first-order valence-electron chi connectivity index (χ1n) is 12.5. The molecule has 7 heteroatoms. The van der Waals surface area contributed by atoms with E-state index in [1.807, 2.05) is 18.2 Å². The number of nitrogens with zero attached hydrogens (tertiary/aromatic N) is 1. The smallest absolute Gasteiger partial charge is 0.335 e. The summed E-state index contributed by atoms with van der Waals surface area (Å²) in [5.41, 5.74) is 1.60. The summed E-state index contributed by atoms with van der Waals surface area (Å²) in [7, 11) is 0. The van der Waals surface area contributed by atoms with Gasteiger partial charge in [0.25, 0.3) is 0 Å². The Bertz CT molecular complexity index is 960. The minimum atomic E-state index is -1.05. The second-order valence-corrected chi connectivity index (χ2v) is 9.52. The van der Waals surface area contributed by atoms with Crippen molar-refractivity contribution >= 4 is 29.8 Å². The van der Waals surface area contributed by atoms with E-state index < -0.39 is 11.9 Å². The van der Waals surface area contributed by atoms with E-state index in [0.29, 0.717) is 28.8 Å². The van der Waals surface area contributed by atoms with Crippen molar-refractivity contribution in [3.8, 4) is 5.75 Å². The Hall–Kier alpha value is -2.80. The molecule has 0 aliphatic carbocycles. The van der Waals surface area contributed by atoms with Gasteiger partial charge in [-0.15, -0.1) is 11.8 Å². The van der Waals surface area contributed by atoms with Crippen molar-refractivity contribution in [3.05, 3.63) is 59.3 Å². The molecule has 0 saturated carbocycles. The highest BCUT2D eigenvalue weighted by Crippen LogP contribution is 2.27. The third-order valence-corrected chi connectivity index (χ3v) is 6.56. The number of carbonyl (C=O) groups is 2. The predicted molar refractivity (Wildman–Crippen MR) is 141 cm³/mol. The van der Waals surface area contributed by atoms with Crippen molar-refractivity contribution in [2.24, 2.45) is 0 Å². The number of ether oxygens (including phenoxy) is 1. The molecule has 6 nitrogen and oxygen atoms in total. The van der Waals surface area contributed by atoms with Crippen molar-refractivity contribution in [3.63, 3.8) is 0 Å². The fourth-order valence-corrected chi connectivity index (χ4v) is 4.46. The number of thioether (sulfide) groups is 1. The molecule has 2 N–H and O–H groups in total. The van der Waals surface area contributed by atoms with Gasteiger partial charge in [0, 0.05) is 11.8 Å². The molecule has 0 aliphatic rings. The molecule has 0 fully saturated rings. The molecular weight excluding hydrogens is 462 g/mol. The van der Waals surface area contributed by atoms with Crippen LogP contribution in [0, 0.1) is 0 Å². The number of benzene rings is 1. The summed E-state index contributed by atoms with van der Waals surface area (Å²) in [4.78, 5) is 26.7. The average molecular weight is 500 g/mol. The number of aromatic carboxylic acids is 1. The van der Waals surface area contributed by atoms with Gasteiger partial charge in [-0.1, -0.05) is 76.8 Å². The van der Waals surface area contributed by atoms with E-state index in [1.165, 1.54) is 69.2 Å². The first-order valence-corrected chi connectivity index (χ1v) is 13.5. The van der Waals surface area contributed by atoms with Crippen LogP contribution in [0.25, 0.3) is 6.08 Å². The number of rotatable bonds is 18. The fraction of sp³-hybridized carbons (Fsp3) is 0.464. The molecule has 1 aromatic carbocycles. The Morgan fingerprint density at radius 3 is 2.29 bits per heavy atom. The summed E-state index contributed by atoms with van der Waals surface area (Å²) in [6, 6.07) is 10.5. The normalized spacial score (nSPS) is 11.1. The van der Waals surface area contributed by atoms with Crippen LogP contribution in [0.15, 0.2) is 47.5 Å². The number of carboxylic acids is 2. The van der Waals surface area contributed by atoms with Crippen LogP contribution in [0.1, 0.15) is 92.7 Å². The third-order valence-electron chi connectivity index (χ3n) is 5.56. The Morgan fingerprint density at radius 1 is 0.943 bits per heavy atom. The van der Waals surface area contributed by atoms with Crippen LogP contribution in [-0.4, -0.2) is 33.7 Å². The Morgan fingerprint density at radius 2 is 1.63 bits per heavy atom. The molecule has 0 bridgehead atoms. The molecule has 1 aromatic heterocycles. The predicted octanol–water partition coefficient (Wildman–Crippen LogP) is 7.47. The van der Waals surface area contributed by atoms with Crippen molar-refractivity contribution in [2.75, 3.05) is 6.61 Å². The van der Waals surface area contributed by atoms with Gasteiger partial charge in [-0.05, 0) is 42.3 Å². The van der Waals surface area contributed by atoms with E-state index in [2.05, 4.69) is 11.9 Å². The summed E-state index contributed by atoms with van der Waals surface area (Å²) >= 11 is 1.46. The van der Waals surface area contributed by atoms with Gasteiger partial charge in [0.1, 0.15) is 11.4 Å². The van der Waals surface area contributed by atoms with Crippen molar-refractivity contribution in [1.29, 1.82) is 0 Å². The number of unbranched alkanes of at least 4 members (excludes halogenated alkanes) is 9. The van der Waals surface area contributed by atoms with Crippen LogP contribution in [0.3, 0.4) is 0 Å². The lowest BCUT2D eigenvalue weighted by Gasteiger charge is -2.11. The molecule has 0 radical (unpaired) electrons. The van der Waals surface area contributed by atoms with E-state index in [1.54, 1.807) is 18.2 Å². The SMILES string of the molecule is CCCCCCCCCCCCOc1ccc(SCc2cccc(C(=O)O)c2)nc1C=CC(=O)O. The van der Waals surface area contributed by atoms with Crippen LogP contribution < -0.4 is 4.74 Å². The molecule has 35 heavy (non-hydrogen) atoms. The highest BCUT2D eigenvalue weighted by molar-refractivity contribution is 7.98. The molecule has 2 rings (SSSR count). The number of carboxylic acid groups (broad SMARTS) is 2. The molecule has 0 aliphatic heterocycles. The van der Waals surface area contributed by atoms with E-state index in [-0.39, 0.29) is 5.56 Å². The lowest BCUT2D eigenvalue weighted by atomic mass is 10.1. The lowest BCUT2D eigenvalue weighted by Crippen LogP contribution is -2.01. The van der Waals surface area contributed by atoms with E-state index in [4.69, 9.17) is 14.9 Å². The van der Waals surface area contributed by atoms with E-state index in [0.717, 1.165) is 24.5 Å². The topological polar surface area (TPSA) is 96.7 Å². The first-order chi connectivity index (χ1) is 17.0. The van der Waals surface area contributed by atoms with Gasteiger partial charge in [0.15, 0.2) is 0 Å². The highest BCUT2D eigenvalue weighted by Gasteiger charge is 2.08. The maximum atomic E-state index is 11.2. The standard InChI is InChI=1S/C28H37NO5S/c1-2-3-4-5-6-7-8-9-10-11-19-34-25-16-17-26(29-24(25)15-18-27(30)31)35-21-22-13-12-14-23(20-22)28(32)33/h12-18,20H,2-11,19,21H2,1H3,(H,30,31)(H,32,33). The molecule has 0 amide bonds. The Balaban J connectivity index is 1.83. The fourth-order valence-electron chi connectivity index (χ4n) is 3.64. The van der Waals surface area contributed by atoms with Gasteiger partial charge in [0.05, 0.1) is 17.2 Å². The molecule has 0 atom stereocenters. The van der Waals surface area contributed by atoms with Crippen molar-refractivity contribution < 1.29 is 24.5 Å². The van der Waals surface area contributed by atoms with E-state index in [9.17, 15) is 9.59 Å². The van der Waals surface area contributed by atoms with Crippen LogP contribution >= 0.6 is 11.8 Å². The van der Waals surface area contributed by atoms with E-state index >= 15 is 0 Å². The van der Waals surface area contributed by atoms with Gasteiger partial charge in [-0.2, -0.15) is 0 Å². The summed E-state index contributed by atoms with van der Waals surface area (Å²) in [6.07, 6.45) is 15.0. The first kappa shape index (κ1) is 28.4. The molecule has 0 saturated heterocycles. The lowest BCUT2D eigenvalue weighted by molar-refractivity contribution is -0.131. The largest absolute Gasteiger partial charge is 0.491 e. The van der Waals surface area contributed by atoms with Gasteiger partial charge in [0.2, 0.25) is 0 Å². The number of hydrogen-bond donors (Lipinski definition) is 2. The number of hydrogen-bond acceptors (Lipinski definition) is 5. The minimum Gasteiger partial charge on any atom is -0.491 e. The summed E-state index contributed by atoms with van der Waals surface area (Å²) in [6.45, 7) is 2.81. The van der Waals surface area contributed by atoms with Gasteiger partial charge in [-0.25, -0.2) is 14.6 Å². The summed E-state index contributed by atoms with van der Waals surface area (Å²) in [5, 5.41) is 18.9. The second-order valence-electron chi connectivity index (χ2n) is 8.53. The monoisotopic (exact) mass is 499 g/mol. The van der Waals surface area contributed by atoms with Crippen LogP contribution in [0.5, 0.6) is 5.75 Å². The quantitative estimate of drug-likeness (QED) is 0.125. The molecular formula is C28H37NO5S. The van der Waals surface area contributed by atoms with Gasteiger partial charge in [-0.3, -0.25) is 0 Å². The zero-order valence-electron chi connectivity index (χ0n) is 20.6. The van der Waals surface area contributed by atoms with Crippen molar-refractivity contribution in [1.82, 2.24) is 4.98 Å². The maximum absolute atomic E-state index is 11.2. The molecule has 0 spiro atoms. The average Bonchev–Trinajstić information content (AvgIpc) is 2.85. The Labute approximate surface area is 212 Å². The number of aromatic nitrogens is 1. The van der Waals surface area contributed by atoms with Crippen LogP contribution in [-0.2, 0) is 10.5 Å². The zero-order chi connectivity index (χ0) is 25.3. The highest BCUT2D eigenvalue weighted by atomic mass is 32.2. The van der Waals surface area contributed by atoms with Crippen molar-refractivity contribution in [2.45, 2.75) is 81.9 Å². The van der Waals surface area contributed by atoms with Gasteiger partial charge < -0.3 is 14.9 Å². The number of aliphatic carboxylic acids is 1.